The molecule has 24 heavy (non-hydrogen) atoms. The van der Waals surface area contributed by atoms with Crippen molar-refractivity contribution in [1.82, 2.24) is 9.13 Å². The van der Waals surface area contributed by atoms with Crippen molar-refractivity contribution >= 4 is 10.9 Å². The fraction of sp³-hybridized carbons (Fsp3) is 0.471. The van der Waals surface area contributed by atoms with Crippen molar-refractivity contribution in [1.29, 1.82) is 5.26 Å². The van der Waals surface area contributed by atoms with E-state index in [1.807, 2.05) is 0 Å². The smallest absolute Gasteiger partial charge is 0.331 e. The van der Waals surface area contributed by atoms with Gasteiger partial charge in [0.2, 0.25) is 0 Å². The fourth-order valence-electron chi connectivity index (χ4n) is 2.98. The van der Waals surface area contributed by atoms with Gasteiger partial charge in [0.15, 0.2) is 5.60 Å². The molecule has 1 saturated heterocycles. The van der Waals surface area contributed by atoms with Gasteiger partial charge in [-0.3, -0.25) is 13.9 Å². The minimum atomic E-state index is -0.849. The van der Waals surface area contributed by atoms with E-state index in [1.54, 1.807) is 24.3 Å². The summed E-state index contributed by atoms with van der Waals surface area (Å²) in [6, 6.07) is 9.22. The second-order valence-corrected chi connectivity index (χ2v) is 5.88. The molecule has 7 nitrogen and oxygen atoms in total. The van der Waals surface area contributed by atoms with Crippen molar-refractivity contribution in [3.63, 3.8) is 0 Å². The molecule has 1 fully saturated rings. The van der Waals surface area contributed by atoms with E-state index in [0.717, 1.165) is 4.57 Å². The zero-order valence-corrected chi connectivity index (χ0v) is 13.5. The van der Waals surface area contributed by atoms with E-state index in [0.29, 0.717) is 37.0 Å². The Hall–Kier alpha value is -2.43. The van der Waals surface area contributed by atoms with E-state index < -0.39 is 5.60 Å². The Bertz CT molecular complexity index is 901. The van der Waals surface area contributed by atoms with Crippen molar-refractivity contribution in [3.8, 4) is 6.07 Å². The quantitative estimate of drug-likeness (QED) is 0.828. The topological polar surface area (TPSA) is 86.2 Å². The summed E-state index contributed by atoms with van der Waals surface area (Å²) >= 11 is 0. The molecular formula is C17H19N3O4. The van der Waals surface area contributed by atoms with Crippen LogP contribution >= 0.6 is 0 Å². The molecule has 3 rings (SSSR count). The summed E-state index contributed by atoms with van der Waals surface area (Å²) in [4.78, 5) is 24.6. The summed E-state index contributed by atoms with van der Waals surface area (Å²) in [6.07, 6.45) is 1.04. The Morgan fingerprint density at radius 2 is 2.00 bits per heavy atom. The van der Waals surface area contributed by atoms with Crippen LogP contribution in [0.5, 0.6) is 0 Å². The number of aromatic nitrogens is 2. The Balaban J connectivity index is 1.87. The molecule has 0 aliphatic carbocycles. The van der Waals surface area contributed by atoms with Crippen LogP contribution in [-0.2, 0) is 23.1 Å². The van der Waals surface area contributed by atoms with Gasteiger partial charge in [0, 0.05) is 19.9 Å². The zero-order chi connectivity index (χ0) is 17.2. The van der Waals surface area contributed by atoms with Crippen molar-refractivity contribution in [2.24, 2.45) is 7.05 Å². The number of rotatable bonds is 4. The highest BCUT2D eigenvalue weighted by Crippen LogP contribution is 2.24. The first-order chi connectivity index (χ1) is 11.6. The maximum atomic E-state index is 12.4. The van der Waals surface area contributed by atoms with Gasteiger partial charge in [-0.2, -0.15) is 5.26 Å². The van der Waals surface area contributed by atoms with Gasteiger partial charge in [0.05, 0.1) is 43.3 Å². The van der Waals surface area contributed by atoms with Gasteiger partial charge in [-0.1, -0.05) is 12.1 Å². The average Bonchev–Trinajstić information content (AvgIpc) is 2.63. The van der Waals surface area contributed by atoms with Crippen molar-refractivity contribution in [2.45, 2.75) is 25.0 Å². The third kappa shape index (κ3) is 2.86. The van der Waals surface area contributed by atoms with Crippen LogP contribution < -0.4 is 11.2 Å². The number of benzene rings is 1. The van der Waals surface area contributed by atoms with Gasteiger partial charge in [0.1, 0.15) is 0 Å². The lowest BCUT2D eigenvalue weighted by molar-refractivity contribution is -0.0777. The van der Waals surface area contributed by atoms with E-state index in [9.17, 15) is 14.9 Å². The lowest BCUT2D eigenvalue weighted by atomic mass is 9.96. The third-order valence-corrected chi connectivity index (χ3v) is 4.45. The summed E-state index contributed by atoms with van der Waals surface area (Å²) in [5.74, 6) is 0. The van der Waals surface area contributed by atoms with Gasteiger partial charge in [0.25, 0.3) is 5.56 Å². The molecule has 0 unspecified atom stereocenters. The number of nitriles is 1. The molecule has 1 aromatic carbocycles. The maximum absolute atomic E-state index is 12.4. The molecule has 0 atom stereocenters. The largest absolute Gasteiger partial charge is 0.381 e. The molecule has 126 valence electrons. The lowest BCUT2D eigenvalue weighted by Gasteiger charge is -2.30. The predicted octanol–water partition coefficient (Wildman–Crippen LogP) is 0.790. The van der Waals surface area contributed by atoms with Crippen LogP contribution in [0.4, 0.5) is 0 Å². The molecule has 0 N–H and O–H groups in total. The highest BCUT2D eigenvalue weighted by molar-refractivity contribution is 5.77. The zero-order valence-electron chi connectivity index (χ0n) is 13.5. The second kappa shape index (κ2) is 6.59. The molecule has 0 radical (unpaired) electrons. The van der Waals surface area contributed by atoms with Gasteiger partial charge >= 0.3 is 5.69 Å². The molecule has 2 heterocycles. The van der Waals surface area contributed by atoms with Gasteiger partial charge in [-0.05, 0) is 12.1 Å². The van der Waals surface area contributed by atoms with Crippen molar-refractivity contribution in [2.75, 3.05) is 19.8 Å². The van der Waals surface area contributed by atoms with E-state index in [2.05, 4.69) is 6.07 Å². The lowest BCUT2D eigenvalue weighted by Crippen LogP contribution is -2.41. The third-order valence-electron chi connectivity index (χ3n) is 4.45. The fourth-order valence-corrected chi connectivity index (χ4v) is 2.98. The monoisotopic (exact) mass is 329 g/mol. The van der Waals surface area contributed by atoms with E-state index >= 15 is 0 Å². The molecule has 0 amide bonds. The summed E-state index contributed by atoms with van der Waals surface area (Å²) in [6.45, 7) is 1.49. The van der Waals surface area contributed by atoms with Crippen LogP contribution in [0, 0.1) is 11.3 Å². The highest BCUT2D eigenvalue weighted by atomic mass is 16.5. The van der Waals surface area contributed by atoms with Crippen LogP contribution in [0.2, 0.25) is 0 Å². The first-order valence-electron chi connectivity index (χ1n) is 7.89. The summed E-state index contributed by atoms with van der Waals surface area (Å²) < 4.78 is 13.7. The highest BCUT2D eigenvalue weighted by Gasteiger charge is 2.33. The number of para-hydroxylation sites is 1. The van der Waals surface area contributed by atoms with Gasteiger partial charge in [-0.25, -0.2) is 4.79 Å². The van der Waals surface area contributed by atoms with Crippen molar-refractivity contribution < 1.29 is 9.47 Å². The molecule has 0 saturated carbocycles. The summed E-state index contributed by atoms with van der Waals surface area (Å²) in [7, 11) is 1.46. The molecule has 1 aromatic heterocycles. The molecular weight excluding hydrogens is 310 g/mol. The van der Waals surface area contributed by atoms with Crippen LogP contribution in [0.1, 0.15) is 12.8 Å². The Morgan fingerprint density at radius 1 is 1.29 bits per heavy atom. The summed E-state index contributed by atoms with van der Waals surface area (Å²) in [5, 5.41) is 9.89. The van der Waals surface area contributed by atoms with Crippen LogP contribution in [0.25, 0.3) is 10.9 Å². The summed E-state index contributed by atoms with van der Waals surface area (Å²) in [5.41, 5.74) is -0.976. The minimum absolute atomic E-state index is 0.218. The Labute approximate surface area is 138 Å². The number of fused-ring (bicyclic) bond motifs is 1. The molecule has 7 heteroatoms. The Morgan fingerprint density at radius 3 is 2.71 bits per heavy atom. The van der Waals surface area contributed by atoms with Crippen molar-refractivity contribution in [3.05, 3.63) is 45.1 Å². The number of hydrogen-bond donors (Lipinski definition) is 0. The molecule has 2 aromatic rings. The molecule has 0 spiro atoms. The second-order valence-electron chi connectivity index (χ2n) is 5.88. The number of nitrogens with zero attached hydrogens (tertiary/aromatic N) is 3. The number of ether oxygens (including phenoxy) is 2. The van der Waals surface area contributed by atoms with Crippen LogP contribution in [0.3, 0.4) is 0 Å². The molecule has 1 aliphatic rings. The maximum Gasteiger partial charge on any atom is 0.331 e. The van der Waals surface area contributed by atoms with Crippen LogP contribution in [0.15, 0.2) is 33.9 Å². The van der Waals surface area contributed by atoms with Gasteiger partial charge < -0.3 is 9.47 Å². The standard InChI is InChI=1S/C17H19N3O4/c1-19-15(21)13-4-2-3-5-14(13)20(16(19)22)8-11-24-17(12-18)6-9-23-10-7-17/h2-5H,6-11H2,1H3. The number of hydrogen-bond acceptors (Lipinski definition) is 5. The molecule has 0 bridgehead atoms. The normalized spacial score (nSPS) is 16.8. The van der Waals surface area contributed by atoms with Crippen LogP contribution in [-0.4, -0.2) is 34.6 Å². The van der Waals surface area contributed by atoms with E-state index in [4.69, 9.17) is 9.47 Å². The predicted molar refractivity (Wildman–Crippen MR) is 87.8 cm³/mol. The Kier molecular flexibility index (Phi) is 4.51. The first kappa shape index (κ1) is 16.4. The average molecular weight is 329 g/mol. The van der Waals surface area contributed by atoms with Gasteiger partial charge in [-0.15, -0.1) is 0 Å². The minimum Gasteiger partial charge on any atom is -0.381 e. The molecule has 1 aliphatic heterocycles. The SMILES string of the molecule is Cn1c(=O)c2ccccc2n(CCOC2(C#N)CCOCC2)c1=O. The van der Waals surface area contributed by atoms with E-state index in [1.165, 1.54) is 11.6 Å². The van der Waals surface area contributed by atoms with E-state index in [-0.39, 0.29) is 24.4 Å². The first-order valence-corrected chi connectivity index (χ1v) is 7.89.